The Kier molecular flexibility index (Phi) is 3.22. The molecule has 1 aromatic heterocycles. The standard InChI is InChI=1S/C12H15N3O/c1-16-11-5-2-4-10(8-11)12(13)9-15-7-3-6-14-15/h2-8,12H,9,13H2,1H3. The van der Waals surface area contributed by atoms with Gasteiger partial charge in [0.2, 0.25) is 0 Å². The van der Waals surface area contributed by atoms with E-state index < -0.39 is 0 Å². The van der Waals surface area contributed by atoms with E-state index in [1.165, 1.54) is 0 Å². The summed E-state index contributed by atoms with van der Waals surface area (Å²) >= 11 is 0. The zero-order valence-corrected chi connectivity index (χ0v) is 9.21. The summed E-state index contributed by atoms with van der Waals surface area (Å²) in [4.78, 5) is 0. The van der Waals surface area contributed by atoms with Crippen molar-refractivity contribution >= 4 is 0 Å². The number of benzene rings is 1. The molecule has 1 unspecified atom stereocenters. The van der Waals surface area contributed by atoms with E-state index in [1.54, 1.807) is 13.3 Å². The summed E-state index contributed by atoms with van der Waals surface area (Å²) in [5, 5.41) is 4.13. The van der Waals surface area contributed by atoms with Gasteiger partial charge in [0.15, 0.2) is 0 Å². The van der Waals surface area contributed by atoms with Crippen molar-refractivity contribution < 1.29 is 4.74 Å². The number of aromatic nitrogens is 2. The average Bonchev–Trinajstić information content (AvgIpc) is 2.82. The second-order valence-corrected chi connectivity index (χ2v) is 3.61. The highest BCUT2D eigenvalue weighted by atomic mass is 16.5. The van der Waals surface area contributed by atoms with Gasteiger partial charge in [-0.1, -0.05) is 12.1 Å². The van der Waals surface area contributed by atoms with Crippen LogP contribution in [0.5, 0.6) is 5.75 Å². The molecule has 84 valence electrons. The first kappa shape index (κ1) is 10.7. The molecule has 0 spiro atoms. The Morgan fingerprint density at radius 3 is 3.00 bits per heavy atom. The lowest BCUT2D eigenvalue weighted by atomic mass is 10.1. The third kappa shape index (κ3) is 2.41. The first-order valence-corrected chi connectivity index (χ1v) is 5.16. The fourth-order valence-corrected chi connectivity index (χ4v) is 1.59. The summed E-state index contributed by atoms with van der Waals surface area (Å²) in [5.74, 6) is 0.827. The van der Waals surface area contributed by atoms with Gasteiger partial charge in [-0.2, -0.15) is 5.10 Å². The molecule has 0 radical (unpaired) electrons. The maximum absolute atomic E-state index is 6.09. The van der Waals surface area contributed by atoms with Crippen LogP contribution in [0.4, 0.5) is 0 Å². The van der Waals surface area contributed by atoms with Crippen molar-refractivity contribution in [2.24, 2.45) is 5.73 Å². The van der Waals surface area contributed by atoms with E-state index in [0.29, 0.717) is 6.54 Å². The van der Waals surface area contributed by atoms with Crippen LogP contribution in [0, 0.1) is 0 Å². The van der Waals surface area contributed by atoms with Crippen LogP contribution in [0.15, 0.2) is 42.7 Å². The molecule has 4 heteroatoms. The highest BCUT2D eigenvalue weighted by Crippen LogP contribution is 2.18. The number of methoxy groups -OCH3 is 1. The summed E-state index contributed by atoms with van der Waals surface area (Å²) in [6.07, 6.45) is 3.65. The summed E-state index contributed by atoms with van der Waals surface area (Å²) < 4.78 is 6.99. The molecule has 1 heterocycles. The molecule has 2 aromatic rings. The van der Waals surface area contributed by atoms with Gasteiger partial charge in [-0.05, 0) is 23.8 Å². The molecule has 0 bridgehead atoms. The van der Waals surface area contributed by atoms with Crippen molar-refractivity contribution in [3.8, 4) is 5.75 Å². The maximum Gasteiger partial charge on any atom is 0.119 e. The van der Waals surface area contributed by atoms with E-state index >= 15 is 0 Å². The summed E-state index contributed by atoms with van der Waals surface area (Å²) in [6, 6.07) is 9.61. The van der Waals surface area contributed by atoms with E-state index in [-0.39, 0.29) is 6.04 Å². The molecule has 4 nitrogen and oxygen atoms in total. The topological polar surface area (TPSA) is 53.1 Å². The smallest absolute Gasteiger partial charge is 0.119 e. The van der Waals surface area contributed by atoms with Crippen LogP contribution in [-0.2, 0) is 6.54 Å². The van der Waals surface area contributed by atoms with Gasteiger partial charge in [-0.15, -0.1) is 0 Å². The zero-order chi connectivity index (χ0) is 11.4. The summed E-state index contributed by atoms with van der Waals surface area (Å²) in [5.41, 5.74) is 7.14. The Hall–Kier alpha value is -1.81. The Morgan fingerprint density at radius 2 is 2.31 bits per heavy atom. The van der Waals surface area contributed by atoms with E-state index in [4.69, 9.17) is 10.5 Å². The van der Waals surface area contributed by atoms with Gasteiger partial charge in [-0.3, -0.25) is 4.68 Å². The highest BCUT2D eigenvalue weighted by molar-refractivity contribution is 5.30. The van der Waals surface area contributed by atoms with Crippen molar-refractivity contribution in [1.29, 1.82) is 0 Å². The zero-order valence-electron chi connectivity index (χ0n) is 9.21. The van der Waals surface area contributed by atoms with Gasteiger partial charge in [0.1, 0.15) is 5.75 Å². The Labute approximate surface area is 94.6 Å². The second-order valence-electron chi connectivity index (χ2n) is 3.61. The Balaban J connectivity index is 2.11. The molecule has 0 fully saturated rings. The van der Waals surface area contributed by atoms with Gasteiger partial charge in [0, 0.05) is 18.4 Å². The largest absolute Gasteiger partial charge is 0.497 e. The second kappa shape index (κ2) is 4.81. The third-order valence-electron chi connectivity index (χ3n) is 2.46. The van der Waals surface area contributed by atoms with Crippen LogP contribution < -0.4 is 10.5 Å². The normalized spacial score (nSPS) is 12.4. The minimum atomic E-state index is -0.0741. The minimum absolute atomic E-state index is 0.0741. The molecule has 0 aliphatic heterocycles. The molecular formula is C12H15N3O. The van der Waals surface area contributed by atoms with E-state index in [9.17, 15) is 0 Å². The van der Waals surface area contributed by atoms with Crippen molar-refractivity contribution in [1.82, 2.24) is 9.78 Å². The SMILES string of the molecule is COc1cccc(C(N)Cn2cccn2)c1. The lowest BCUT2D eigenvalue weighted by molar-refractivity contribution is 0.413. The van der Waals surface area contributed by atoms with Gasteiger partial charge < -0.3 is 10.5 Å². The predicted octanol–water partition coefficient (Wildman–Crippen LogP) is 1.59. The third-order valence-corrected chi connectivity index (χ3v) is 2.46. The number of hydrogen-bond acceptors (Lipinski definition) is 3. The number of rotatable bonds is 4. The van der Waals surface area contributed by atoms with Gasteiger partial charge in [0.05, 0.1) is 13.7 Å². The van der Waals surface area contributed by atoms with Crippen LogP contribution in [0.1, 0.15) is 11.6 Å². The van der Waals surface area contributed by atoms with Crippen molar-refractivity contribution in [3.63, 3.8) is 0 Å². The molecule has 0 aliphatic carbocycles. The maximum atomic E-state index is 6.09. The van der Waals surface area contributed by atoms with Crippen LogP contribution in [-0.4, -0.2) is 16.9 Å². The molecular weight excluding hydrogens is 202 g/mol. The molecule has 2 N–H and O–H groups in total. The minimum Gasteiger partial charge on any atom is -0.497 e. The molecule has 1 aromatic carbocycles. The molecule has 2 rings (SSSR count). The van der Waals surface area contributed by atoms with E-state index in [2.05, 4.69) is 5.10 Å². The average molecular weight is 217 g/mol. The first-order valence-electron chi connectivity index (χ1n) is 5.16. The Morgan fingerprint density at radius 1 is 1.44 bits per heavy atom. The highest BCUT2D eigenvalue weighted by Gasteiger charge is 2.07. The monoisotopic (exact) mass is 217 g/mol. The Bertz CT molecular complexity index is 439. The molecule has 0 saturated heterocycles. The molecule has 1 atom stereocenters. The van der Waals surface area contributed by atoms with Crippen LogP contribution in [0.25, 0.3) is 0 Å². The van der Waals surface area contributed by atoms with Gasteiger partial charge in [0.25, 0.3) is 0 Å². The summed E-state index contributed by atoms with van der Waals surface area (Å²) in [6.45, 7) is 0.667. The number of hydrogen-bond donors (Lipinski definition) is 1. The lowest BCUT2D eigenvalue weighted by Crippen LogP contribution is -2.17. The van der Waals surface area contributed by atoms with Gasteiger partial charge in [-0.25, -0.2) is 0 Å². The molecule has 0 aliphatic rings. The predicted molar refractivity (Wildman–Crippen MR) is 62.1 cm³/mol. The van der Waals surface area contributed by atoms with Crippen LogP contribution in [0.2, 0.25) is 0 Å². The van der Waals surface area contributed by atoms with Crippen LogP contribution >= 0.6 is 0 Å². The molecule has 0 saturated carbocycles. The van der Waals surface area contributed by atoms with Crippen LogP contribution in [0.3, 0.4) is 0 Å². The molecule has 0 amide bonds. The fraction of sp³-hybridized carbons (Fsp3) is 0.250. The first-order chi connectivity index (χ1) is 7.79. The summed E-state index contributed by atoms with van der Waals surface area (Å²) in [7, 11) is 1.65. The quantitative estimate of drug-likeness (QED) is 0.846. The number of nitrogens with zero attached hydrogens (tertiary/aromatic N) is 2. The number of nitrogens with two attached hydrogens (primary N) is 1. The lowest BCUT2D eigenvalue weighted by Gasteiger charge is -2.13. The fourth-order valence-electron chi connectivity index (χ4n) is 1.59. The van der Waals surface area contributed by atoms with E-state index in [0.717, 1.165) is 11.3 Å². The number of ether oxygens (including phenoxy) is 1. The van der Waals surface area contributed by atoms with Gasteiger partial charge >= 0.3 is 0 Å². The van der Waals surface area contributed by atoms with Crippen molar-refractivity contribution in [3.05, 3.63) is 48.3 Å². The van der Waals surface area contributed by atoms with Crippen molar-refractivity contribution in [2.45, 2.75) is 12.6 Å². The van der Waals surface area contributed by atoms with E-state index in [1.807, 2.05) is 41.2 Å². The molecule has 16 heavy (non-hydrogen) atoms. The van der Waals surface area contributed by atoms with Crippen molar-refractivity contribution in [2.75, 3.05) is 7.11 Å².